The predicted molar refractivity (Wildman–Crippen MR) is 87.0 cm³/mol. The van der Waals surface area contributed by atoms with Gasteiger partial charge in [0.2, 0.25) is 5.91 Å². The van der Waals surface area contributed by atoms with Gasteiger partial charge in [0, 0.05) is 22.7 Å². The van der Waals surface area contributed by atoms with Gasteiger partial charge < -0.3 is 5.32 Å². The van der Waals surface area contributed by atoms with E-state index in [9.17, 15) is 13.2 Å². The molecular formula is C15H20BrNO3S. The molecule has 1 amide bonds. The first kappa shape index (κ1) is 16.5. The fraction of sp³-hybridized carbons (Fsp3) is 0.533. The maximum Gasteiger partial charge on any atom is 0.238 e. The fourth-order valence-corrected chi connectivity index (χ4v) is 3.46. The summed E-state index contributed by atoms with van der Waals surface area (Å²) < 4.78 is 23.9. The van der Waals surface area contributed by atoms with Crippen LogP contribution in [0.4, 0.5) is 0 Å². The third-order valence-electron chi connectivity index (χ3n) is 4.36. The van der Waals surface area contributed by atoms with Gasteiger partial charge in [0.05, 0.1) is 0 Å². The monoisotopic (exact) mass is 373 g/mol. The fourth-order valence-electron chi connectivity index (χ4n) is 2.58. The second-order valence-electron chi connectivity index (χ2n) is 5.83. The molecule has 1 N–H and O–H groups in total. The van der Waals surface area contributed by atoms with E-state index in [0.717, 1.165) is 30.0 Å². The van der Waals surface area contributed by atoms with E-state index in [1.165, 1.54) is 12.5 Å². The lowest BCUT2D eigenvalue weighted by molar-refractivity contribution is -0.120. The van der Waals surface area contributed by atoms with Gasteiger partial charge in [0.25, 0.3) is 0 Å². The van der Waals surface area contributed by atoms with Gasteiger partial charge in [-0.1, -0.05) is 34.5 Å². The molecule has 1 saturated carbocycles. The molecule has 0 bridgehead atoms. The Hall–Kier alpha value is -0.880. The van der Waals surface area contributed by atoms with Gasteiger partial charge in [-0.3, -0.25) is 4.79 Å². The minimum Gasteiger partial charge on any atom is -0.354 e. The van der Waals surface area contributed by atoms with Crippen molar-refractivity contribution >= 4 is 31.7 Å². The van der Waals surface area contributed by atoms with Crippen molar-refractivity contribution in [3.63, 3.8) is 0 Å². The highest BCUT2D eigenvalue weighted by Gasteiger charge is 2.39. The summed E-state index contributed by atoms with van der Waals surface area (Å²) >= 11 is 3.47. The highest BCUT2D eigenvalue weighted by atomic mass is 79.9. The molecule has 116 valence electrons. The number of amides is 1. The number of nitrogens with one attached hydrogen (secondary N) is 1. The van der Waals surface area contributed by atoms with Gasteiger partial charge in [0.15, 0.2) is 9.84 Å². The minimum absolute atomic E-state index is 0.0589. The summed E-state index contributed by atoms with van der Waals surface area (Å²) in [5.41, 5.74) is 1.13. The van der Waals surface area contributed by atoms with E-state index < -0.39 is 21.0 Å². The smallest absolute Gasteiger partial charge is 0.238 e. The number of carbonyl (C=O) groups excluding carboxylic acids is 1. The molecule has 4 nitrogen and oxygen atoms in total. The number of rotatable bonds is 5. The molecule has 0 aliphatic heterocycles. The normalized spacial score (nSPS) is 18.6. The zero-order valence-electron chi connectivity index (χ0n) is 12.2. The second-order valence-corrected chi connectivity index (χ2v) is 9.12. The van der Waals surface area contributed by atoms with Crippen molar-refractivity contribution in [2.45, 2.75) is 36.9 Å². The van der Waals surface area contributed by atoms with E-state index in [0.29, 0.717) is 6.54 Å². The minimum atomic E-state index is -3.35. The van der Waals surface area contributed by atoms with Crippen molar-refractivity contribution < 1.29 is 13.2 Å². The molecule has 0 radical (unpaired) electrons. The quantitative estimate of drug-likeness (QED) is 0.861. The van der Waals surface area contributed by atoms with Gasteiger partial charge >= 0.3 is 0 Å². The standard InChI is InChI=1S/C15H20BrNO3S/c1-11(21(2,19)20)14(18)17-10-15(7-4-8-15)12-5-3-6-13(16)9-12/h3,5-6,9,11H,4,7-8,10H2,1-2H3,(H,17,18)/t11-/m1/s1. The van der Waals surface area contributed by atoms with Gasteiger partial charge in [-0.15, -0.1) is 0 Å². The van der Waals surface area contributed by atoms with E-state index in [1.54, 1.807) is 0 Å². The topological polar surface area (TPSA) is 63.2 Å². The van der Waals surface area contributed by atoms with Crippen molar-refractivity contribution in [2.24, 2.45) is 0 Å². The SMILES string of the molecule is C[C@H](C(=O)NCC1(c2cccc(Br)c2)CCC1)S(C)(=O)=O. The largest absolute Gasteiger partial charge is 0.354 e. The molecule has 0 aromatic heterocycles. The maximum absolute atomic E-state index is 12.0. The van der Waals surface area contributed by atoms with Gasteiger partial charge in [-0.2, -0.15) is 0 Å². The Balaban J connectivity index is 2.08. The third kappa shape index (κ3) is 3.66. The van der Waals surface area contributed by atoms with Gasteiger partial charge in [-0.05, 0) is 37.5 Å². The number of benzene rings is 1. The molecule has 1 aliphatic rings. The highest BCUT2D eigenvalue weighted by Crippen LogP contribution is 2.43. The Morgan fingerprint density at radius 2 is 2.10 bits per heavy atom. The van der Waals surface area contributed by atoms with E-state index in [4.69, 9.17) is 0 Å². The zero-order valence-corrected chi connectivity index (χ0v) is 14.6. The van der Waals surface area contributed by atoms with Crippen LogP contribution in [0.5, 0.6) is 0 Å². The first-order valence-electron chi connectivity index (χ1n) is 6.97. The molecule has 1 aromatic carbocycles. The second kappa shape index (κ2) is 6.08. The summed E-state index contributed by atoms with van der Waals surface area (Å²) in [6.45, 7) is 1.92. The molecule has 0 unspecified atom stereocenters. The first-order chi connectivity index (χ1) is 9.74. The van der Waals surface area contributed by atoms with Crippen LogP contribution in [0.1, 0.15) is 31.7 Å². The molecule has 21 heavy (non-hydrogen) atoms. The Bertz CT molecular complexity index is 638. The third-order valence-corrected chi connectivity index (χ3v) is 6.35. The van der Waals surface area contributed by atoms with Gasteiger partial charge in [-0.25, -0.2) is 8.42 Å². The number of halogens is 1. The summed E-state index contributed by atoms with van der Waals surface area (Å²) in [7, 11) is -3.35. The number of sulfone groups is 1. The Morgan fingerprint density at radius 3 is 2.57 bits per heavy atom. The van der Waals surface area contributed by atoms with Crippen molar-refractivity contribution in [1.29, 1.82) is 0 Å². The van der Waals surface area contributed by atoms with Crippen LogP contribution < -0.4 is 5.32 Å². The van der Waals surface area contributed by atoms with Crippen LogP contribution in [0.2, 0.25) is 0 Å². The molecule has 2 rings (SSSR count). The molecule has 1 atom stereocenters. The summed E-state index contributed by atoms with van der Waals surface area (Å²) in [4.78, 5) is 12.0. The number of carbonyl (C=O) groups is 1. The van der Waals surface area contributed by atoms with Crippen molar-refractivity contribution in [1.82, 2.24) is 5.32 Å². The Morgan fingerprint density at radius 1 is 1.43 bits per heavy atom. The highest BCUT2D eigenvalue weighted by molar-refractivity contribution is 9.10. The Kier molecular flexibility index (Phi) is 4.78. The zero-order chi connectivity index (χ0) is 15.7. The number of hydrogen-bond acceptors (Lipinski definition) is 3. The summed E-state index contributed by atoms with van der Waals surface area (Å²) in [5.74, 6) is -0.418. The van der Waals surface area contributed by atoms with E-state index >= 15 is 0 Å². The van der Waals surface area contributed by atoms with Gasteiger partial charge in [0.1, 0.15) is 5.25 Å². The molecule has 0 heterocycles. The van der Waals surface area contributed by atoms with Crippen molar-refractivity contribution in [3.05, 3.63) is 34.3 Å². The lowest BCUT2D eigenvalue weighted by Crippen LogP contribution is -2.48. The molecule has 1 aromatic rings. The van der Waals surface area contributed by atoms with Crippen LogP contribution in [0.25, 0.3) is 0 Å². The molecule has 6 heteroatoms. The summed E-state index contributed by atoms with van der Waals surface area (Å²) in [6, 6.07) is 8.10. The Labute approximate surface area is 134 Å². The molecule has 1 aliphatic carbocycles. The van der Waals surface area contributed by atoms with Crippen LogP contribution in [-0.2, 0) is 20.0 Å². The summed E-state index contributed by atoms with van der Waals surface area (Å²) in [5, 5.41) is 1.81. The van der Waals surface area contributed by atoms with Crippen LogP contribution in [-0.4, -0.2) is 32.4 Å². The molecule has 0 saturated heterocycles. The summed E-state index contributed by atoms with van der Waals surface area (Å²) in [6.07, 6.45) is 4.24. The average molecular weight is 374 g/mol. The van der Waals surface area contributed by atoms with Crippen molar-refractivity contribution in [2.75, 3.05) is 12.8 Å². The average Bonchev–Trinajstić information content (AvgIpc) is 2.35. The maximum atomic E-state index is 12.0. The van der Waals surface area contributed by atoms with E-state index in [-0.39, 0.29) is 5.41 Å². The lowest BCUT2D eigenvalue weighted by atomic mass is 9.64. The van der Waals surface area contributed by atoms with Crippen LogP contribution in [0.3, 0.4) is 0 Å². The molecular weight excluding hydrogens is 354 g/mol. The molecule has 1 fully saturated rings. The van der Waals surface area contributed by atoms with E-state index in [1.807, 2.05) is 12.1 Å². The van der Waals surface area contributed by atoms with Crippen LogP contribution in [0, 0.1) is 0 Å². The van der Waals surface area contributed by atoms with Crippen molar-refractivity contribution in [3.8, 4) is 0 Å². The van der Waals surface area contributed by atoms with Crippen LogP contribution >= 0.6 is 15.9 Å². The number of hydrogen-bond donors (Lipinski definition) is 1. The van der Waals surface area contributed by atoms with Crippen LogP contribution in [0.15, 0.2) is 28.7 Å². The lowest BCUT2D eigenvalue weighted by Gasteiger charge is -2.43. The van der Waals surface area contributed by atoms with E-state index in [2.05, 4.69) is 33.4 Å². The predicted octanol–water partition coefficient (Wildman–Crippen LogP) is 2.42. The first-order valence-corrected chi connectivity index (χ1v) is 9.72. The molecule has 0 spiro atoms.